The summed E-state index contributed by atoms with van der Waals surface area (Å²) in [5.74, 6) is 1.45. The van der Waals surface area contributed by atoms with Crippen LogP contribution in [0.5, 0.6) is 11.5 Å². The van der Waals surface area contributed by atoms with Gasteiger partial charge in [-0.15, -0.1) is 0 Å². The van der Waals surface area contributed by atoms with Crippen LogP contribution in [0.2, 0.25) is 5.02 Å². The highest BCUT2D eigenvalue weighted by Crippen LogP contribution is 2.25. The highest BCUT2D eigenvalue weighted by atomic mass is 79.9. The number of oxime groups is 1. The molecule has 0 amide bonds. The summed E-state index contributed by atoms with van der Waals surface area (Å²) >= 11 is 9.19. The average molecular weight is 371 g/mol. The monoisotopic (exact) mass is 369 g/mol. The summed E-state index contributed by atoms with van der Waals surface area (Å²) in [4.78, 5) is 0. The predicted octanol–water partition coefficient (Wildman–Crippen LogP) is 4.37. The van der Waals surface area contributed by atoms with Gasteiger partial charge in [-0.2, -0.15) is 0 Å². The topological polar surface area (TPSA) is 51.1 Å². The normalized spacial score (nSPS) is 10.8. The van der Waals surface area contributed by atoms with Crippen LogP contribution in [-0.2, 0) is 0 Å². The Morgan fingerprint density at radius 3 is 2.48 bits per heavy atom. The number of hydrogen-bond acceptors (Lipinski definition) is 4. The molecule has 2 aromatic carbocycles. The molecule has 0 aromatic heterocycles. The van der Waals surface area contributed by atoms with Gasteiger partial charge in [-0.05, 0) is 64.0 Å². The van der Waals surface area contributed by atoms with Crippen molar-refractivity contribution in [3.63, 3.8) is 0 Å². The lowest BCUT2D eigenvalue weighted by atomic mass is 10.2. The number of ether oxygens (including phenoxy) is 2. The van der Waals surface area contributed by atoms with Gasteiger partial charge in [-0.3, -0.25) is 0 Å². The van der Waals surface area contributed by atoms with Gasteiger partial charge in [-0.1, -0.05) is 16.8 Å². The zero-order valence-corrected chi connectivity index (χ0v) is 13.3. The zero-order chi connectivity index (χ0) is 15.1. The first-order valence-corrected chi connectivity index (χ1v) is 7.34. The van der Waals surface area contributed by atoms with Gasteiger partial charge in [0.05, 0.1) is 10.7 Å². The molecule has 0 spiro atoms. The third-order valence-electron chi connectivity index (χ3n) is 2.59. The molecule has 6 heteroatoms. The number of halogens is 2. The molecule has 0 aliphatic carbocycles. The fourth-order valence-corrected chi connectivity index (χ4v) is 2.26. The van der Waals surface area contributed by atoms with Crippen LogP contribution >= 0.6 is 27.5 Å². The van der Waals surface area contributed by atoms with Gasteiger partial charge in [0.1, 0.15) is 24.7 Å². The molecule has 1 N–H and O–H groups in total. The van der Waals surface area contributed by atoms with E-state index in [1.54, 1.807) is 42.5 Å². The van der Waals surface area contributed by atoms with E-state index < -0.39 is 0 Å². The summed E-state index contributed by atoms with van der Waals surface area (Å²) in [7, 11) is 0. The van der Waals surface area contributed by atoms with Gasteiger partial charge in [0, 0.05) is 5.02 Å². The summed E-state index contributed by atoms with van der Waals surface area (Å²) < 4.78 is 11.9. The largest absolute Gasteiger partial charge is 0.490 e. The summed E-state index contributed by atoms with van der Waals surface area (Å²) in [5.41, 5.74) is 0.772. The highest BCUT2D eigenvalue weighted by Gasteiger charge is 2.02. The molecule has 0 heterocycles. The smallest absolute Gasteiger partial charge is 0.133 e. The van der Waals surface area contributed by atoms with E-state index in [0.29, 0.717) is 24.0 Å². The Morgan fingerprint density at radius 1 is 1.10 bits per heavy atom. The van der Waals surface area contributed by atoms with Crippen molar-refractivity contribution in [3.8, 4) is 11.5 Å². The van der Waals surface area contributed by atoms with Crippen LogP contribution in [-0.4, -0.2) is 24.6 Å². The van der Waals surface area contributed by atoms with Crippen LogP contribution in [0.25, 0.3) is 0 Å². The molecular weight excluding hydrogens is 358 g/mol. The first kappa shape index (κ1) is 15.7. The van der Waals surface area contributed by atoms with Crippen molar-refractivity contribution in [1.82, 2.24) is 0 Å². The van der Waals surface area contributed by atoms with Crippen LogP contribution in [0.4, 0.5) is 0 Å². The Kier molecular flexibility index (Phi) is 5.90. The molecular formula is C15H13BrClNO3. The van der Waals surface area contributed by atoms with Crippen LogP contribution < -0.4 is 9.47 Å². The third-order valence-corrected chi connectivity index (χ3v) is 3.46. The SMILES string of the molecule is ON=Cc1ccc(OCCOc2ccc(Cl)cc2)c(Br)c1. The average Bonchev–Trinajstić information content (AvgIpc) is 2.47. The molecule has 0 bridgehead atoms. The van der Waals surface area contributed by atoms with Gasteiger partial charge in [0.25, 0.3) is 0 Å². The van der Waals surface area contributed by atoms with E-state index in [1.807, 2.05) is 0 Å². The number of rotatable bonds is 6. The Bertz CT molecular complexity index is 617. The van der Waals surface area contributed by atoms with Crippen LogP contribution in [0.15, 0.2) is 52.1 Å². The van der Waals surface area contributed by atoms with Crippen LogP contribution in [0.1, 0.15) is 5.56 Å². The minimum atomic E-state index is 0.411. The van der Waals surface area contributed by atoms with Crippen molar-refractivity contribution in [2.45, 2.75) is 0 Å². The minimum absolute atomic E-state index is 0.411. The Morgan fingerprint density at radius 2 is 1.81 bits per heavy atom. The Balaban J connectivity index is 1.82. The highest BCUT2D eigenvalue weighted by molar-refractivity contribution is 9.10. The fraction of sp³-hybridized carbons (Fsp3) is 0.133. The molecule has 0 saturated heterocycles. The maximum absolute atomic E-state index is 8.48. The summed E-state index contributed by atoms with van der Waals surface area (Å²) in [6, 6.07) is 12.5. The van der Waals surface area contributed by atoms with Crippen molar-refractivity contribution in [2.24, 2.45) is 5.16 Å². The molecule has 0 saturated carbocycles. The summed E-state index contributed by atoms with van der Waals surface area (Å²) in [6.07, 6.45) is 1.35. The fourth-order valence-electron chi connectivity index (χ4n) is 1.62. The number of nitrogens with zero attached hydrogens (tertiary/aromatic N) is 1. The molecule has 0 fully saturated rings. The van der Waals surface area contributed by atoms with Gasteiger partial charge >= 0.3 is 0 Å². The van der Waals surface area contributed by atoms with E-state index in [4.69, 9.17) is 26.3 Å². The summed E-state index contributed by atoms with van der Waals surface area (Å²) in [6.45, 7) is 0.836. The molecule has 0 radical (unpaired) electrons. The maximum atomic E-state index is 8.48. The number of hydrogen-bond donors (Lipinski definition) is 1. The zero-order valence-electron chi connectivity index (χ0n) is 11.0. The molecule has 0 aliphatic heterocycles. The van der Waals surface area contributed by atoms with Crippen LogP contribution in [0.3, 0.4) is 0 Å². The van der Waals surface area contributed by atoms with E-state index in [-0.39, 0.29) is 0 Å². The van der Waals surface area contributed by atoms with Crippen molar-refractivity contribution in [2.75, 3.05) is 13.2 Å². The molecule has 2 aromatic rings. The van der Waals surface area contributed by atoms with Crippen molar-refractivity contribution < 1.29 is 14.7 Å². The quantitative estimate of drug-likeness (QED) is 0.355. The predicted molar refractivity (Wildman–Crippen MR) is 86.0 cm³/mol. The molecule has 4 nitrogen and oxygen atoms in total. The second-order valence-corrected chi connectivity index (χ2v) is 5.38. The van der Waals surface area contributed by atoms with Gasteiger partial charge < -0.3 is 14.7 Å². The first-order valence-electron chi connectivity index (χ1n) is 6.17. The van der Waals surface area contributed by atoms with E-state index in [9.17, 15) is 0 Å². The molecule has 21 heavy (non-hydrogen) atoms. The van der Waals surface area contributed by atoms with E-state index in [0.717, 1.165) is 15.8 Å². The Hall–Kier alpha value is -1.72. The Labute approximate surface area is 136 Å². The third kappa shape index (κ3) is 4.95. The minimum Gasteiger partial charge on any atom is -0.490 e. The maximum Gasteiger partial charge on any atom is 0.133 e. The van der Waals surface area contributed by atoms with E-state index in [1.165, 1.54) is 6.21 Å². The molecule has 110 valence electrons. The lowest BCUT2D eigenvalue weighted by molar-refractivity contribution is 0.216. The van der Waals surface area contributed by atoms with E-state index >= 15 is 0 Å². The van der Waals surface area contributed by atoms with Gasteiger partial charge in [0.15, 0.2) is 0 Å². The lowest BCUT2D eigenvalue weighted by Crippen LogP contribution is -2.09. The van der Waals surface area contributed by atoms with Crippen molar-refractivity contribution >= 4 is 33.7 Å². The van der Waals surface area contributed by atoms with Gasteiger partial charge in [-0.25, -0.2) is 0 Å². The second kappa shape index (κ2) is 7.90. The molecule has 2 rings (SSSR count). The molecule has 0 atom stereocenters. The summed E-state index contributed by atoms with van der Waals surface area (Å²) in [5, 5.41) is 12.1. The van der Waals surface area contributed by atoms with Gasteiger partial charge in [0.2, 0.25) is 0 Å². The molecule has 0 aliphatic rings. The standard InChI is InChI=1S/C15H13BrClNO3/c16-14-9-11(10-18-19)1-6-15(14)21-8-7-20-13-4-2-12(17)3-5-13/h1-6,9-10,19H,7-8H2. The first-order chi connectivity index (χ1) is 10.2. The molecule has 0 unspecified atom stereocenters. The van der Waals surface area contributed by atoms with Crippen LogP contribution in [0, 0.1) is 0 Å². The van der Waals surface area contributed by atoms with Crippen molar-refractivity contribution in [3.05, 3.63) is 57.5 Å². The number of benzene rings is 2. The second-order valence-electron chi connectivity index (χ2n) is 4.09. The van der Waals surface area contributed by atoms with Crippen molar-refractivity contribution in [1.29, 1.82) is 0 Å². The van der Waals surface area contributed by atoms with E-state index in [2.05, 4.69) is 21.1 Å². The lowest BCUT2D eigenvalue weighted by Gasteiger charge is -2.10.